The molecule has 2 heteroatoms. The number of halogens is 2. The van der Waals surface area contributed by atoms with Gasteiger partial charge in [0.05, 0.1) is 0 Å². The van der Waals surface area contributed by atoms with Gasteiger partial charge in [0.2, 0.25) is 5.92 Å². The fourth-order valence-corrected chi connectivity index (χ4v) is 7.91. The van der Waals surface area contributed by atoms with E-state index in [1.165, 1.54) is 38.5 Å². The van der Waals surface area contributed by atoms with Gasteiger partial charge in [-0.15, -0.1) is 0 Å². The van der Waals surface area contributed by atoms with E-state index in [0.717, 1.165) is 57.7 Å². The van der Waals surface area contributed by atoms with Gasteiger partial charge in [-0.2, -0.15) is 0 Å². The van der Waals surface area contributed by atoms with Crippen molar-refractivity contribution in [1.82, 2.24) is 0 Å². The Kier molecular flexibility index (Phi) is 11.4. The molecule has 0 N–H and O–H groups in total. The van der Waals surface area contributed by atoms with Crippen LogP contribution in [-0.2, 0) is 0 Å². The fourth-order valence-electron chi connectivity index (χ4n) is 7.91. The van der Waals surface area contributed by atoms with E-state index in [1.54, 1.807) is 38.5 Å². The summed E-state index contributed by atoms with van der Waals surface area (Å²) in [6.07, 6.45) is 18.5. The summed E-state index contributed by atoms with van der Waals surface area (Å²) in [5.41, 5.74) is 2.53. The lowest BCUT2D eigenvalue weighted by atomic mass is 9.41. The second-order valence-electron chi connectivity index (χ2n) is 17.8. The van der Waals surface area contributed by atoms with Gasteiger partial charge in [-0.3, -0.25) is 0 Å². The van der Waals surface area contributed by atoms with E-state index in [0.29, 0.717) is 5.92 Å². The highest BCUT2D eigenvalue weighted by atomic mass is 19.3. The van der Waals surface area contributed by atoms with E-state index in [9.17, 15) is 8.78 Å². The summed E-state index contributed by atoms with van der Waals surface area (Å²) in [4.78, 5) is 0. The molecule has 40 heavy (non-hydrogen) atoms. The van der Waals surface area contributed by atoms with Gasteiger partial charge in [0.15, 0.2) is 0 Å². The largest absolute Gasteiger partial charge is 0.248 e. The highest BCUT2D eigenvalue weighted by molar-refractivity contribution is 5.12. The minimum absolute atomic E-state index is 0.116. The van der Waals surface area contributed by atoms with Gasteiger partial charge in [-0.25, -0.2) is 8.78 Å². The average molecular weight is 565 g/mol. The maximum atomic E-state index is 12.1. The van der Waals surface area contributed by atoms with Crippen LogP contribution in [0.5, 0.6) is 0 Å². The summed E-state index contributed by atoms with van der Waals surface area (Å²) in [7, 11) is 0. The predicted molar refractivity (Wildman–Crippen MR) is 171 cm³/mol. The van der Waals surface area contributed by atoms with Crippen LogP contribution in [0.25, 0.3) is 0 Å². The molecule has 236 valence electrons. The van der Waals surface area contributed by atoms with Crippen LogP contribution < -0.4 is 0 Å². The van der Waals surface area contributed by atoms with Gasteiger partial charge in [-0.1, -0.05) is 102 Å². The third kappa shape index (κ3) is 8.71. The molecule has 2 bridgehead atoms. The molecule has 8 saturated carbocycles. The minimum Gasteiger partial charge on any atom is -0.207 e. The molecule has 0 aromatic heterocycles. The van der Waals surface area contributed by atoms with Crippen LogP contribution in [-0.4, -0.2) is 5.92 Å². The van der Waals surface area contributed by atoms with Gasteiger partial charge < -0.3 is 0 Å². The van der Waals surface area contributed by atoms with Crippen LogP contribution in [0.1, 0.15) is 166 Å². The lowest BCUT2D eigenvalue weighted by Crippen LogP contribution is -2.54. The third-order valence-electron chi connectivity index (χ3n) is 13.3. The van der Waals surface area contributed by atoms with Crippen LogP contribution in [0.2, 0.25) is 0 Å². The Balaban J connectivity index is 0.000000138. The van der Waals surface area contributed by atoms with E-state index in [-0.39, 0.29) is 18.8 Å². The first-order valence-corrected chi connectivity index (χ1v) is 17.8. The zero-order valence-corrected chi connectivity index (χ0v) is 28.9. The van der Waals surface area contributed by atoms with Crippen molar-refractivity contribution in [3.8, 4) is 0 Å². The molecule has 0 amide bonds. The Labute approximate surface area is 250 Å². The first kappa shape index (κ1) is 34.4. The Hall–Kier alpha value is -0.140. The standard InChI is InChI=1S/2C8H14.C8H16.C7H12F2.C7H14/c1-6(2)8-3-7(4-8)5-8;1-6(2)7-5-8(7)3-4-8;1-7(2)8(3)5-4-6-8;1-5(2)6-3-7(8,9)4-6;1-6(2)7-4-3-5-7/h2*6-7H,3-5H2,1-2H3;7H,4-6H2,1-3H3;5-6H,3-4H2,1-2H3;6-7H,3-5H2,1-2H3. The van der Waals surface area contributed by atoms with E-state index >= 15 is 0 Å². The van der Waals surface area contributed by atoms with Crippen molar-refractivity contribution in [1.29, 1.82) is 0 Å². The molecule has 8 rings (SSSR count). The van der Waals surface area contributed by atoms with Crippen LogP contribution in [0.3, 0.4) is 0 Å². The van der Waals surface area contributed by atoms with Gasteiger partial charge in [0.25, 0.3) is 0 Å². The molecule has 0 aromatic rings. The van der Waals surface area contributed by atoms with Gasteiger partial charge in [-0.05, 0) is 121 Å². The van der Waals surface area contributed by atoms with E-state index in [2.05, 4.69) is 62.3 Å². The molecule has 0 aliphatic heterocycles. The molecule has 8 aliphatic rings. The van der Waals surface area contributed by atoms with E-state index in [4.69, 9.17) is 0 Å². The monoisotopic (exact) mass is 565 g/mol. The molecule has 8 fully saturated rings. The zero-order valence-electron chi connectivity index (χ0n) is 28.9. The highest BCUT2D eigenvalue weighted by Gasteiger charge is 2.63. The first-order valence-electron chi connectivity index (χ1n) is 17.8. The summed E-state index contributed by atoms with van der Waals surface area (Å²) >= 11 is 0. The first-order chi connectivity index (χ1) is 18.4. The normalized spacial score (nSPS) is 32.9. The number of hydrogen-bond donors (Lipinski definition) is 0. The number of alkyl halides is 2. The molecule has 0 radical (unpaired) electrons. The second-order valence-corrected chi connectivity index (χ2v) is 17.8. The third-order valence-corrected chi connectivity index (χ3v) is 13.3. The van der Waals surface area contributed by atoms with Crippen molar-refractivity contribution < 1.29 is 8.78 Å². The Morgan fingerprint density at radius 2 is 1.05 bits per heavy atom. The lowest BCUT2D eigenvalue weighted by molar-refractivity contribution is -0.141. The summed E-state index contributed by atoms with van der Waals surface area (Å²) < 4.78 is 24.3. The highest BCUT2D eigenvalue weighted by Crippen LogP contribution is 2.72. The van der Waals surface area contributed by atoms with Gasteiger partial charge >= 0.3 is 0 Å². The lowest BCUT2D eigenvalue weighted by Gasteiger charge is -2.64. The smallest absolute Gasteiger partial charge is 0.207 e. The summed E-state index contributed by atoms with van der Waals surface area (Å²) in [5.74, 6) is 5.55. The van der Waals surface area contributed by atoms with Gasteiger partial charge in [0.1, 0.15) is 0 Å². The maximum Gasteiger partial charge on any atom is 0.248 e. The molecule has 0 saturated heterocycles. The van der Waals surface area contributed by atoms with Gasteiger partial charge in [0, 0.05) is 12.8 Å². The van der Waals surface area contributed by atoms with Crippen molar-refractivity contribution in [2.45, 2.75) is 172 Å². The molecule has 0 nitrogen and oxygen atoms in total. The van der Waals surface area contributed by atoms with Crippen molar-refractivity contribution in [2.24, 2.45) is 69.5 Å². The predicted octanol–water partition coefficient (Wildman–Crippen LogP) is 12.8. The molecular weight excluding hydrogens is 494 g/mol. The van der Waals surface area contributed by atoms with Crippen LogP contribution >= 0.6 is 0 Å². The van der Waals surface area contributed by atoms with Crippen molar-refractivity contribution in [3.63, 3.8) is 0 Å². The van der Waals surface area contributed by atoms with E-state index in [1.807, 2.05) is 13.8 Å². The summed E-state index contributed by atoms with van der Waals surface area (Å²) in [5, 5.41) is 0. The molecule has 0 heterocycles. The molecule has 1 atom stereocenters. The summed E-state index contributed by atoms with van der Waals surface area (Å²) in [6, 6.07) is 0. The second kappa shape index (κ2) is 13.2. The molecular formula is C38H70F2. The molecule has 1 unspecified atom stereocenters. The topological polar surface area (TPSA) is 0 Å². The quantitative estimate of drug-likeness (QED) is 0.311. The van der Waals surface area contributed by atoms with Crippen molar-refractivity contribution in [3.05, 3.63) is 0 Å². The average Bonchev–Trinajstić information content (AvgIpc) is 3.60. The zero-order chi connectivity index (χ0) is 30.1. The maximum absolute atomic E-state index is 12.1. The van der Waals surface area contributed by atoms with Crippen molar-refractivity contribution >= 4 is 0 Å². The SMILES string of the molecule is CC(C)C1(C)CCC1.CC(C)C12CC(C1)C2.CC(C)C1CC(F)(F)C1.CC(C)C1CC12CC2.CC(C)C1CCC1. The summed E-state index contributed by atoms with van der Waals surface area (Å²) in [6.45, 7) is 25.2. The van der Waals surface area contributed by atoms with Crippen LogP contribution in [0.15, 0.2) is 0 Å². The van der Waals surface area contributed by atoms with E-state index < -0.39 is 5.92 Å². The number of rotatable bonds is 5. The Bertz CT molecular complexity index is 723. The Morgan fingerprint density at radius 3 is 1.10 bits per heavy atom. The van der Waals surface area contributed by atoms with Crippen LogP contribution in [0, 0.1) is 69.5 Å². The molecule has 1 spiro atoms. The van der Waals surface area contributed by atoms with Crippen LogP contribution in [0.4, 0.5) is 8.78 Å². The van der Waals surface area contributed by atoms with Crippen molar-refractivity contribution in [2.75, 3.05) is 0 Å². The molecule has 0 aromatic carbocycles. The number of hydrogen-bond acceptors (Lipinski definition) is 0. The Morgan fingerprint density at radius 1 is 0.550 bits per heavy atom. The fraction of sp³-hybridized carbons (Fsp3) is 1.00. The minimum atomic E-state index is -2.32. The molecule has 8 aliphatic carbocycles.